The zero-order valence-corrected chi connectivity index (χ0v) is 16.0. The molecule has 1 atom stereocenters. The van der Waals surface area contributed by atoms with Gasteiger partial charge in [-0.2, -0.15) is 5.10 Å². The first kappa shape index (κ1) is 19.4. The first-order chi connectivity index (χ1) is 13.4. The highest BCUT2D eigenvalue weighted by Crippen LogP contribution is 2.16. The molecular formula is C19H22FN7O. The van der Waals surface area contributed by atoms with E-state index in [1.54, 1.807) is 13.1 Å². The number of aromatic nitrogens is 5. The maximum absolute atomic E-state index is 13.0. The Kier molecular flexibility index (Phi) is 5.93. The highest BCUT2D eigenvalue weighted by molar-refractivity contribution is 5.91. The lowest BCUT2D eigenvalue weighted by Gasteiger charge is -2.15. The second-order valence-electron chi connectivity index (χ2n) is 6.49. The smallest absolute Gasteiger partial charge is 0.289 e. The van der Waals surface area contributed by atoms with Gasteiger partial charge in [0.15, 0.2) is 0 Å². The highest BCUT2D eigenvalue weighted by atomic mass is 19.1. The van der Waals surface area contributed by atoms with Gasteiger partial charge in [0.1, 0.15) is 11.6 Å². The molecular weight excluding hydrogens is 361 g/mol. The summed E-state index contributed by atoms with van der Waals surface area (Å²) in [6, 6.07) is 2.43. The standard InChI is InChI=1S/C19H22FN7O/c1-11-12(2)25-18(27-17(11)21-7-6-14-8-23-24-9-14)19(28)26-13(3)16-5-4-15(20)10-22-16/h4-5,8-10,13H,6-7H2,1-3H3,(H,23,24)(H,26,28)(H,21,25,27)/t13-/m1/s1. The number of nitrogens with one attached hydrogen (secondary N) is 3. The number of nitrogens with zero attached hydrogens (tertiary/aromatic N) is 4. The molecule has 3 heterocycles. The Bertz CT molecular complexity index is 942. The van der Waals surface area contributed by atoms with Gasteiger partial charge in [0.25, 0.3) is 5.91 Å². The van der Waals surface area contributed by atoms with Crippen LogP contribution in [0, 0.1) is 19.7 Å². The van der Waals surface area contributed by atoms with Crippen LogP contribution in [0.2, 0.25) is 0 Å². The number of hydrogen-bond donors (Lipinski definition) is 3. The van der Waals surface area contributed by atoms with E-state index in [1.165, 1.54) is 12.1 Å². The summed E-state index contributed by atoms with van der Waals surface area (Å²) in [5, 5.41) is 12.7. The lowest BCUT2D eigenvalue weighted by atomic mass is 10.2. The summed E-state index contributed by atoms with van der Waals surface area (Å²) in [5.74, 6) is -0.151. The minimum atomic E-state index is -0.425. The van der Waals surface area contributed by atoms with E-state index >= 15 is 0 Å². The Labute approximate surface area is 162 Å². The van der Waals surface area contributed by atoms with Gasteiger partial charge in [-0.15, -0.1) is 0 Å². The van der Waals surface area contributed by atoms with Gasteiger partial charge in [-0.3, -0.25) is 14.9 Å². The molecule has 0 aliphatic rings. The first-order valence-corrected chi connectivity index (χ1v) is 8.93. The minimum absolute atomic E-state index is 0.0721. The van der Waals surface area contributed by atoms with Crippen molar-refractivity contribution >= 4 is 11.7 Å². The van der Waals surface area contributed by atoms with Crippen LogP contribution < -0.4 is 10.6 Å². The normalized spacial score (nSPS) is 11.9. The fourth-order valence-electron chi connectivity index (χ4n) is 2.62. The molecule has 0 spiro atoms. The summed E-state index contributed by atoms with van der Waals surface area (Å²) in [5.41, 5.74) is 3.24. The second-order valence-corrected chi connectivity index (χ2v) is 6.49. The molecule has 3 rings (SSSR count). The number of aryl methyl sites for hydroxylation is 1. The highest BCUT2D eigenvalue weighted by Gasteiger charge is 2.17. The zero-order chi connectivity index (χ0) is 20.1. The maximum atomic E-state index is 13.0. The van der Waals surface area contributed by atoms with Crippen molar-refractivity contribution in [2.75, 3.05) is 11.9 Å². The van der Waals surface area contributed by atoms with E-state index in [0.29, 0.717) is 18.1 Å². The SMILES string of the molecule is Cc1nc(C(=O)N[C@H](C)c2ccc(F)cn2)nc(NCCc2cn[nH]c2)c1C. The lowest BCUT2D eigenvalue weighted by Crippen LogP contribution is -2.29. The fraction of sp³-hybridized carbons (Fsp3) is 0.316. The van der Waals surface area contributed by atoms with Crippen molar-refractivity contribution in [3.63, 3.8) is 0 Å². The molecule has 3 aromatic heterocycles. The van der Waals surface area contributed by atoms with Crippen LogP contribution in [0.4, 0.5) is 10.2 Å². The van der Waals surface area contributed by atoms with E-state index in [4.69, 9.17) is 0 Å². The molecule has 0 bridgehead atoms. The Hall–Kier alpha value is -3.36. The number of halogens is 1. The van der Waals surface area contributed by atoms with E-state index in [9.17, 15) is 9.18 Å². The predicted octanol–water partition coefficient (Wildman–Crippen LogP) is 2.50. The number of amides is 1. The van der Waals surface area contributed by atoms with Crippen LogP contribution in [0.25, 0.3) is 0 Å². The van der Waals surface area contributed by atoms with Crippen molar-refractivity contribution in [1.29, 1.82) is 0 Å². The molecule has 146 valence electrons. The van der Waals surface area contributed by atoms with Crippen molar-refractivity contribution in [3.05, 3.63) is 64.9 Å². The third-order valence-corrected chi connectivity index (χ3v) is 4.39. The Balaban J connectivity index is 1.69. The Morgan fingerprint density at radius 2 is 2.07 bits per heavy atom. The molecule has 0 aliphatic heterocycles. The number of carbonyl (C=O) groups is 1. The van der Waals surface area contributed by atoms with Crippen LogP contribution in [0.15, 0.2) is 30.7 Å². The Morgan fingerprint density at radius 1 is 1.25 bits per heavy atom. The van der Waals surface area contributed by atoms with Gasteiger partial charge >= 0.3 is 0 Å². The number of pyridine rings is 1. The minimum Gasteiger partial charge on any atom is -0.369 e. The lowest BCUT2D eigenvalue weighted by molar-refractivity contribution is 0.0928. The van der Waals surface area contributed by atoms with Crippen molar-refractivity contribution < 1.29 is 9.18 Å². The molecule has 0 saturated heterocycles. The van der Waals surface area contributed by atoms with Gasteiger partial charge < -0.3 is 10.6 Å². The van der Waals surface area contributed by atoms with Crippen LogP contribution >= 0.6 is 0 Å². The van der Waals surface area contributed by atoms with Gasteiger partial charge in [0, 0.05) is 24.0 Å². The largest absolute Gasteiger partial charge is 0.369 e. The third kappa shape index (κ3) is 4.67. The van der Waals surface area contributed by atoms with E-state index in [-0.39, 0.29) is 5.82 Å². The molecule has 8 nitrogen and oxygen atoms in total. The van der Waals surface area contributed by atoms with Gasteiger partial charge in [-0.05, 0) is 44.9 Å². The van der Waals surface area contributed by atoms with Crippen LogP contribution in [0.3, 0.4) is 0 Å². The second kappa shape index (κ2) is 8.55. The first-order valence-electron chi connectivity index (χ1n) is 8.93. The van der Waals surface area contributed by atoms with Crippen molar-refractivity contribution in [3.8, 4) is 0 Å². The van der Waals surface area contributed by atoms with E-state index in [2.05, 4.69) is 35.8 Å². The molecule has 3 N–H and O–H groups in total. The molecule has 0 fully saturated rings. The molecule has 0 saturated carbocycles. The van der Waals surface area contributed by atoms with Gasteiger partial charge in [0.2, 0.25) is 5.82 Å². The van der Waals surface area contributed by atoms with Crippen LogP contribution in [0.5, 0.6) is 0 Å². The van der Waals surface area contributed by atoms with Gasteiger partial charge in [-0.1, -0.05) is 0 Å². The van der Waals surface area contributed by atoms with E-state index < -0.39 is 17.8 Å². The number of H-pyrrole nitrogens is 1. The fourth-order valence-corrected chi connectivity index (χ4v) is 2.62. The molecule has 1 amide bonds. The van der Waals surface area contributed by atoms with Crippen LogP contribution in [-0.4, -0.2) is 37.6 Å². The van der Waals surface area contributed by atoms with Crippen molar-refractivity contribution in [2.45, 2.75) is 33.2 Å². The van der Waals surface area contributed by atoms with Gasteiger partial charge in [-0.25, -0.2) is 14.4 Å². The topological polar surface area (TPSA) is 108 Å². The third-order valence-electron chi connectivity index (χ3n) is 4.39. The summed E-state index contributed by atoms with van der Waals surface area (Å²) in [7, 11) is 0. The van der Waals surface area contributed by atoms with E-state index in [1.807, 2.05) is 20.0 Å². The molecule has 0 aliphatic carbocycles. The van der Waals surface area contributed by atoms with Crippen LogP contribution in [0.1, 0.15) is 46.1 Å². The molecule has 0 unspecified atom stereocenters. The summed E-state index contributed by atoms with van der Waals surface area (Å²) in [6.45, 7) is 6.15. The number of carbonyl (C=O) groups excluding carboxylic acids is 1. The summed E-state index contributed by atoms with van der Waals surface area (Å²) in [4.78, 5) is 25.3. The molecule has 0 aromatic carbocycles. The molecule has 9 heteroatoms. The molecule has 0 radical (unpaired) electrons. The summed E-state index contributed by atoms with van der Waals surface area (Å²) >= 11 is 0. The maximum Gasteiger partial charge on any atom is 0.289 e. The Morgan fingerprint density at radius 3 is 2.75 bits per heavy atom. The summed E-state index contributed by atoms with van der Waals surface area (Å²) < 4.78 is 13.0. The number of anilines is 1. The predicted molar refractivity (Wildman–Crippen MR) is 102 cm³/mol. The molecule has 28 heavy (non-hydrogen) atoms. The quantitative estimate of drug-likeness (QED) is 0.578. The number of aromatic amines is 1. The zero-order valence-electron chi connectivity index (χ0n) is 16.0. The van der Waals surface area contributed by atoms with Crippen LogP contribution in [-0.2, 0) is 6.42 Å². The van der Waals surface area contributed by atoms with Crippen molar-refractivity contribution in [2.24, 2.45) is 0 Å². The average molecular weight is 383 g/mol. The monoisotopic (exact) mass is 383 g/mol. The summed E-state index contributed by atoms with van der Waals surface area (Å²) in [6.07, 6.45) is 5.49. The number of rotatable bonds is 7. The van der Waals surface area contributed by atoms with Gasteiger partial charge in [0.05, 0.1) is 24.1 Å². The van der Waals surface area contributed by atoms with E-state index in [0.717, 1.165) is 29.4 Å². The molecule has 3 aromatic rings. The van der Waals surface area contributed by atoms with Crippen molar-refractivity contribution in [1.82, 2.24) is 30.5 Å². The average Bonchev–Trinajstić information content (AvgIpc) is 3.19. The number of hydrogen-bond acceptors (Lipinski definition) is 6.